The molecule has 0 saturated heterocycles. The van der Waals surface area contributed by atoms with Crippen molar-refractivity contribution in [3.63, 3.8) is 0 Å². The molecular formula is C18H29NO3. The molecule has 0 aliphatic carbocycles. The fraction of sp³-hybridized carbons (Fsp3) is 0.611. The smallest absolute Gasteiger partial charge is 0.407 e. The molecule has 0 aliphatic heterocycles. The van der Waals surface area contributed by atoms with E-state index < -0.39 is 5.60 Å². The van der Waals surface area contributed by atoms with Crippen LogP contribution < -0.4 is 10.1 Å². The first-order chi connectivity index (χ1) is 10.3. The zero-order valence-corrected chi connectivity index (χ0v) is 14.4. The minimum absolute atomic E-state index is 0.0155. The van der Waals surface area contributed by atoms with Crippen molar-refractivity contribution in [2.45, 2.75) is 65.5 Å². The maximum Gasteiger partial charge on any atom is 0.407 e. The predicted molar refractivity (Wildman–Crippen MR) is 89.4 cm³/mol. The van der Waals surface area contributed by atoms with E-state index >= 15 is 0 Å². The second-order valence-electron chi connectivity index (χ2n) is 6.60. The molecule has 0 bridgehead atoms. The Bertz CT molecular complexity index is 448. The van der Waals surface area contributed by atoms with Crippen LogP contribution in [0, 0.1) is 0 Å². The molecule has 1 aromatic carbocycles. The molecule has 124 valence electrons. The first kappa shape index (κ1) is 18.3. The van der Waals surface area contributed by atoms with Crippen molar-refractivity contribution in [2.24, 2.45) is 0 Å². The number of hydrogen-bond donors (Lipinski definition) is 1. The van der Waals surface area contributed by atoms with Crippen molar-refractivity contribution in [2.75, 3.05) is 6.61 Å². The number of rotatable bonds is 7. The first-order valence-corrected chi connectivity index (χ1v) is 8.01. The topological polar surface area (TPSA) is 47.6 Å². The molecule has 1 aromatic rings. The summed E-state index contributed by atoms with van der Waals surface area (Å²) < 4.78 is 10.9. The summed E-state index contributed by atoms with van der Waals surface area (Å²) >= 11 is 0. The summed E-state index contributed by atoms with van der Waals surface area (Å²) in [6, 6.07) is 8.04. The third kappa shape index (κ3) is 7.91. The Morgan fingerprint density at radius 2 is 1.86 bits per heavy atom. The van der Waals surface area contributed by atoms with Crippen LogP contribution in [0.3, 0.4) is 0 Å². The van der Waals surface area contributed by atoms with Crippen molar-refractivity contribution < 1.29 is 14.3 Å². The Morgan fingerprint density at radius 1 is 1.23 bits per heavy atom. The molecule has 1 N–H and O–H groups in total. The maximum absolute atomic E-state index is 11.7. The van der Waals surface area contributed by atoms with Crippen LogP contribution in [0.2, 0.25) is 0 Å². The fourth-order valence-electron chi connectivity index (χ4n) is 1.97. The number of ether oxygens (including phenoxy) is 2. The van der Waals surface area contributed by atoms with E-state index in [0.717, 1.165) is 37.2 Å². The van der Waals surface area contributed by atoms with Gasteiger partial charge in [-0.1, -0.05) is 25.5 Å². The number of alkyl carbamates (subject to hydrolysis) is 1. The van der Waals surface area contributed by atoms with E-state index in [1.807, 2.05) is 52.0 Å². The zero-order chi connectivity index (χ0) is 16.6. The van der Waals surface area contributed by atoms with E-state index in [4.69, 9.17) is 9.47 Å². The van der Waals surface area contributed by atoms with Gasteiger partial charge in [0.1, 0.15) is 11.4 Å². The molecular weight excluding hydrogens is 278 g/mol. The van der Waals surface area contributed by atoms with Gasteiger partial charge in [0.2, 0.25) is 0 Å². The van der Waals surface area contributed by atoms with Crippen LogP contribution in [-0.2, 0) is 11.2 Å². The van der Waals surface area contributed by atoms with Crippen LogP contribution in [0.1, 0.15) is 53.0 Å². The van der Waals surface area contributed by atoms with Crippen molar-refractivity contribution in [1.29, 1.82) is 0 Å². The minimum Gasteiger partial charge on any atom is -0.494 e. The standard InChI is InChI=1S/C18H29NO3/c1-6-7-12-21-16-10-8-15(9-11-16)13-14(2)19-17(20)22-18(3,4)5/h8-11,14H,6-7,12-13H2,1-5H3,(H,19,20)/t14-/m1/s1. The van der Waals surface area contributed by atoms with E-state index in [-0.39, 0.29) is 12.1 Å². The van der Waals surface area contributed by atoms with Crippen molar-refractivity contribution >= 4 is 6.09 Å². The summed E-state index contributed by atoms with van der Waals surface area (Å²) in [4.78, 5) is 11.7. The molecule has 0 aromatic heterocycles. The summed E-state index contributed by atoms with van der Waals surface area (Å²) in [7, 11) is 0. The van der Waals surface area contributed by atoms with E-state index in [9.17, 15) is 4.79 Å². The monoisotopic (exact) mass is 307 g/mol. The van der Waals surface area contributed by atoms with Gasteiger partial charge in [-0.25, -0.2) is 4.79 Å². The molecule has 22 heavy (non-hydrogen) atoms. The van der Waals surface area contributed by atoms with Crippen LogP contribution in [0.4, 0.5) is 4.79 Å². The highest BCUT2D eigenvalue weighted by Crippen LogP contribution is 2.14. The average molecular weight is 307 g/mol. The van der Waals surface area contributed by atoms with Gasteiger partial charge in [0, 0.05) is 6.04 Å². The van der Waals surface area contributed by atoms with Gasteiger partial charge < -0.3 is 14.8 Å². The summed E-state index contributed by atoms with van der Waals surface area (Å²) in [6.07, 6.45) is 2.58. The van der Waals surface area contributed by atoms with Gasteiger partial charge in [-0.15, -0.1) is 0 Å². The predicted octanol–water partition coefficient (Wildman–Crippen LogP) is 4.32. The van der Waals surface area contributed by atoms with E-state index in [2.05, 4.69) is 12.2 Å². The summed E-state index contributed by atoms with van der Waals surface area (Å²) in [6.45, 7) is 10.4. The average Bonchev–Trinajstić information content (AvgIpc) is 2.38. The molecule has 1 atom stereocenters. The third-order valence-corrected chi connectivity index (χ3v) is 2.99. The van der Waals surface area contributed by atoms with Crippen LogP contribution in [0.15, 0.2) is 24.3 Å². The molecule has 0 radical (unpaired) electrons. The molecule has 0 heterocycles. The number of nitrogens with one attached hydrogen (secondary N) is 1. The Kier molecular flexibility index (Phi) is 7.22. The number of unbranched alkanes of at least 4 members (excludes halogenated alkanes) is 1. The lowest BCUT2D eigenvalue weighted by Gasteiger charge is -2.22. The summed E-state index contributed by atoms with van der Waals surface area (Å²) in [5.41, 5.74) is 0.688. The lowest BCUT2D eigenvalue weighted by molar-refractivity contribution is 0.0508. The van der Waals surface area contributed by atoms with Crippen molar-refractivity contribution in [3.8, 4) is 5.75 Å². The molecule has 0 fully saturated rings. The van der Waals surface area contributed by atoms with Crippen LogP contribution in [-0.4, -0.2) is 24.3 Å². The number of amides is 1. The van der Waals surface area contributed by atoms with Gasteiger partial charge in [-0.2, -0.15) is 0 Å². The van der Waals surface area contributed by atoms with Crippen molar-refractivity contribution in [3.05, 3.63) is 29.8 Å². The second kappa shape index (κ2) is 8.66. The normalized spacial score (nSPS) is 12.6. The quantitative estimate of drug-likeness (QED) is 0.763. The largest absolute Gasteiger partial charge is 0.494 e. The molecule has 0 spiro atoms. The first-order valence-electron chi connectivity index (χ1n) is 8.01. The van der Waals surface area contributed by atoms with Gasteiger partial charge >= 0.3 is 6.09 Å². The Hall–Kier alpha value is -1.71. The van der Waals surface area contributed by atoms with Gasteiger partial charge in [0.15, 0.2) is 0 Å². The SMILES string of the molecule is CCCCOc1ccc(C[C@@H](C)NC(=O)OC(C)(C)C)cc1. The van der Waals surface area contributed by atoms with Crippen LogP contribution >= 0.6 is 0 Å². The summed E-state index contributed by atoms with van der Waals surface area (Å²) in [5, 5.41) is 2.85. The Balaban J connectivity index is 2.41. The molecule has 4 heteroatoms. The highest BCUT2D eigenvalue weighted by Gasteiger charge is 2.17. The maximum atomic E-state index is 11.7. The van der Waals surface area contributed by atoms with Crippen LogP contribution in [0.25, 0.3) is 0 Å². The van der Waals surface area contributed by atoms with Gasteiger partial charge in [-0.3, -0.25) is 0 Å². The minimum atomic E-state index is -0.471. The lowest BCUT2D eigenvalue weighted by atomic mass is 10.1. The third-order valence-electron chi connectivity index (χ3n) is 2.99. The molecule has 0 unspecified atom stereocenters. The van der Waals surface area contributed by atoms with Gasteiger partial charge in [-0.05, 0) is 58.2 Å². The van der Waals surface area contributed by atoms with Crippen LogP contribution in [0.5, 0.6) is 5.75 Å². The zero-order valence-electron chi connectivity index (χ0n) is 14.4. The van der Waals surface area contributed by atoms with Crippen molar-refractivity contribution in [1.82, 2.24) is 5.32 Å². The summed E-state index contributed by atoms with van der Waals surface area (Å²) in [5.74, 6) is 0.893. The van der Waals surface area contributed by atoms with E-state index in [1.165, 1.54) is 0 Å². The number of carbonyl (C=O) groups is 1. The van der Waals surface area contributed by atoms with E-state index in [0.29, 0.717) is 0 Å². The fourth-order valence-corrected chi connectivity index (χ4v) is 1.97. The van der Waals surface area contributed by atoms with E-state index in [1.54, 1.807) is 0 Å². The number of benzene rings is 1. The molecule has 0 saturated carbocycles. The lowest BCUT2D eigenvalue weighted by Crippen LogP contribution is -2.38. The molecule has 1 rings (SSSR count). The number of carbonyl (C=O) groups excluding carboxylic acids is 1. The Labute approximate surface area is 134 Å². The van der Waals surface area contributed by atoms with Gasteiger partial charge in [0.05, 0.1) is 6.61 Å². The molecule has 1 amide bonds. The number of hydrogen-bond acceptors (Lipinski definition) is 3. The Morgan fingerprint density at radius 3 is 2.41 bits per heavy atom. The second-order valence-corrected chi connectivity index (χ2v) is 6.60. The van der Waals surface area contributed by atoms with Gasteiger partial charge in [0.25, 0.3) is 0 Å². The highest BCUT2D eigenvalue weighted by atomic mass is 16.6. The highest BCUT2D eigenvalue weighted by molar-refractivity contribution is 5.68. The molecule has 0 aliphatic rings. The molecule has 4 nitrogen and oxygen atoms in total.